The van der Waals surface area contributed by atoms with Gasteiger partial charge in [-0.05, 0) is 42.6 Å². The zero-order valence-electron chi connectivity index (χ0n) is 19.6. The van der Waals surface area contributed by atoms with E-state index in [-0.39, 0.29) is 28.6 Å². The summed E-state index contributed by atoms with van der Waals surface area (Å²) in [6, 6.07) is 5.82. The van der Waals surface area contributed by atoms with Crippen LogP contribution in [0.5, 0.6) is 0 Å². The number of hydrogen-bond acceptors (Lipinski definition) is 9. The first-order valence-corrected chi connectivity index (χ1v) is 15.1. The molecule has 0 bridgehead atoms. The number of aliphatic hydroxyl groups excluding tert-OH is 1. The molecule has 1 unspecified atom stereocenters. The van der Waals surface area contributed by atoms with E-state index in [4.69, 9.17) is 26.1 Å². The summed E-state index contributed by atoms with van der Waals surface area (Å²) in [5.41, 5.74) is 0.936. The second-order valence-electron chi connectivity index (χ2n) is 8.78. The third-order valence-electron chi connectivity index (χ3n) is 5.60. The standard InChI is InChI=1S/C20H24ClF2N5O8P2/c1-10(6-11-2-4-12(22)5-3-11)25-17-13-7-24-28(18(13)27-20(21)26-17)19-15(23)16(29)14(36-19)8-35-38(33,34)9-37(30,31)32/h2-5,7,10,14-16,19,29H,6,8-9H2,1H3,(H,33,34)(H,25,26,27)(H2,30,31,32)/t10-,14+,15-,16+,19+/m0/s1. The molecule has 1 aromatic carbocycles. The van der Waals surface area contributed by atoms with Crippen molar-refractivity contribution in [2.75, 3.05) is 17.8 Å². The van der Waals surface area contributed by atoms with Crippen LogP contribution in [0.4, 0.5) is 14.6 Å². The SMILES string of the molecule is C[C@@H](Cc1ccc(F)cc1)Nc1nc(Cl)nc2c1cnn2[C@@H]1O[C@H](COP(=O)(O)CP(=O)(O)O)[C@@H](O)[C@@H]1F. The number of nitrogens with one attached hydrogen (secondary N) is 1. The van der Waals surface area contributed by atoms with E-state index < -0.39 is 52.3 Å². The predicted octanol–water partition coefficient (Wildman–Crippen LogP) is 2.60. The number of anilines is 1. The number of alkyl halides is 1. The van der Waals surface area contributed by atoms with Crippen LogP contribution in [0.3, 0.4) is 0 Å². The molecular weight excluding hydrogens is 574 g/mol. The summed E-state index contributed by atoms with van der Waals surface area (Å²) >= 11 is 6.10. The van der Waals surface area contributed by atoms with Crippen molar-refractivity contribution in [3.05, 3.63) is 47.1 Å². The van der Waals surface area contributed by atoms with Crippen molar-refractivity contribution in [1.29, 1.82) is 0 Å². The molecule has 3 heterocycles. The fourth-order valence-corrected chi connectivity index (χ4v) is 6.69. The van der Waals surface area contributed by atoms with Crippen molar-refractivity contribution in [2.24, 2.45) is 0 Å². The van der Waals surface area contributed by atoms with Crippen LogP contribution in [0.15, 0.2) is 30.5 Å². The van der Waals surface area contributed by atoms with Crippen molar-refractivity contribution in [2.45, 2.75) is 44.0 Å². The van der Waals surface area contributed by atoms with Gasteiger partial charge in [0.05, 0.1) is 18.2 Å². The smallest absolute Gasteiger partial charge is 0.340 e. The third kappa shape index (κ3) is 6.92. The van der Waals surface area contributed by atoms with Crippen LogP contribution in [-0.4, -0.2) is 76.5 Å². The topological polar surface area (TPSA) is 189 Å². The Labute approximate surface area is 219 Å². The van der Waals surface area contributed by atoms with Crippen LogP contribution in [0.25, 0.3) is 11.0 Å². The Kier molecular flexibility index (Phi) is 8.53. The molecule has 0 amide bonds. The Morgan fingerprint density at radius 2 is 1.92 bits per heavy atom. The van der Waals surface area contributed by atoms with Crippen LogP contribution < -0.4 is 5.32 Å². The molecule has 13 nitrogen and oxygen atoms in total. The molecule has 1 aliphatic heterocycles. The van der Waals surface area contributed by atoms with E-state index >= 15 is 4.39 Å². The van der Waals surface area contributed by atoms with E-state index in [0.29, 0.717) is 11.8 Å². The van der Waals surface area contributed by atoms with Gasteiger partial charge < -0.3 is 34.4 Å². The summed E-state index contributed by atoms with van der Waals surface area (Å²) in [7, 11) is -9.62. The number of nitrogens with zero attached hydrogens (tertiary/aromatic N) is 4. The lowest BCUT2D eigenvalue weighted by atomic mass is 10.1. The molecule has 0 spiro atoms. The van der Waals surface area contributed by atoms with Gasteiger partial charge in [0.1, 0.15) is 23.8 Å². The highest BCUT2D eigenvalue weighted by Gasteiger charge is 2.47. The minimum absolute atomic E-state index is 0.0669. The van der Waals surface area contributed by atoms with Crippen LogP contribution in [-0.2, 0) is 24.8 Å². The first-order chi connectivity index (χ1) is 17.7. The molecule has 18 heteroatoms. The highest BCUT2D eigenvalue weighted by molar-refractivity contribution is 7.70. The Hall–Kier alpha value is -2.06. The maximum Gasteiger partial charge on any atom is 0.340 e. The van der Waals surface area contributed by atoms with E-state index in [9.17, 15) is 23.5 Å². The molecule has 5 N–H and O–H groups in total. The van der Waals surface area contributed by atoms with Crippen molar-refractivity contribution in [3.8, 4) is 0 Å². The van der Waals surface area contributed by atoms with Crippen LogP contribution in [0, 0.1) is 5.82 Å². The van der Waals surface area contributed by atoms with Gasteiger partial charge in [0.15, 0.2) is 23.9 Å². The van der Waals surface area contributed by atoms with E-state index in [2.05, 4.69) is 24.9 Å². The summed E-state index contributed by atoms with van der Waals surface area (Å²) in [5.74, 6) is -1.51. The number of hydrogen-bond donors (Lipinski definition) is 5. The number of fused-ring (bicyclic) bond motifs is 1. The zero-order valence-corrected chi connectivity index (χ0v) is 22.2. The molecule has 1 saturated heterocycles. The summed E-state index contributed by atoms with van der Waals surface area (Å²) < 4.78 is 62.3. The third-order valence-corrected chi connectivity index (χ3v) is 9.23. The van der Waals surface area contributed by atoms with E-state index in [1.54, 1.807) is 12.1 Å². The van der Waals surface area contributed by atoms with Gasteiger partial charge >= 0.3 is 15.2 Å². The predicted molar refractivity (Wildman–Crippen MR) is 131 cm³/mol. The van der Waals surface area contributed by atoms with E-state index in [1.165, 1.54) is 18.3 Å². The second kappa shape index (κ2) is 11.2. The minimum Gasteiger partial charge on any atom is -0.387 e. The maximum atomic E-state index is 15.0. The first-order valence-electron chi connectivity index (χ1n) is 11.1. The molecule has 208 valence electrons. The molecule has 0 aliphatic carbocycles. The lowest BCUT2D eigenvalue weighted by Crippen LogP contribution is -2.31. The highest BCUT2D eigenvalue weighted by Crippen LogP contribution is 2.55. The molecule has 1 aliphatic rings. The van der Waals surface area contributed by atoms with E-state index in [1.807, 2.05) is 6.92 Å². The highest BCUT2D eigenvalue weighted by atomic mass is 35.5. The number of aromatic nitrogens is 4. The first kappa shape index (κ1) is 28.9. The van der Waals surface area contributed by atoms with Crippen molar-refractivity contribution < 1.29 is 47.0 Å². The van der Waals surface area contributed by atoms with Gasteiger partial charge in [-0.2, -0.15) is 15.1 Å². The van der Waals surface area contributed by atoms with Crippen molar-refractivity contribution in [3.63, 3.8) is 0 Å². The van der Waals surface area contributed by atoms with Crippen LogP contribution in [0.1, 0.15) is 18.7 Å². The molecule has 6 atom stereocenters. The average Bonchev–Trinajstić information content (AvgIpc) is 3.33. The number of halogens is 3. The molecule has 1 fully saturated rings. The number of aliphatic hydroxyl groups is 1. The molecule has 0 radical (unpaired) electrons. The largest absolute Gasteiger partial charge is 0.387 e. The Bertz CT molecular complexity index is 1390. The van der Waals surface area contributed by atoms with Gasteiger partial charge in [0, 0.05) is 6.04 Å². The molecule has 38 heavy (non-hydrogen) atoms. The molecule has 3 aromatic rings. The van der Waals surface area contributed by atoms with Crippen molar-refractivity contribution in [1.82, 2.24) is 19.7 Å². The summed E-state index contributed by atoms with van der Waals surface area (Å²) in [6.45, 7) is 1.04. The number of rotatable bonds is 10. The molecule has 4 rings (SSSR count). The van der Waals surface area contributed by atoms with Gasteiger partial charge in [-0.25, -0.2) is 13.5 Å². The normalized spacial score (nSPS) is 24.4. The summed E-state index contributed by atoms with van der Waals surface area (Å²) in [5, 5.41) is 17.7. The average molecular weight is 598 g/mol. The van der Waals surface area contributed by atoms with Gasteiger partial charge in [0.2, 0.25) is 5.28 Å². The van der Waals surface area contributed by atoms with Gasteiger partial charge in [-0.3, -0.25) is 9.13 Å². The van der Waals surface area contributed by atoms with Gasteiger partial charge in [0.25, 0.3) is 0 Å². The fraction of sp³-hybridized carbons (Fsp3) is 0.450. The monoisotopic (exact) mass is 597 g/mol. The molecule has 0 saturated carbocycles. The summed E-state index contributed by atoms with van der Waals surface area (Å²) in [4.78, 5) is 35.7. The van der Waals surface area contributed by atoms with Crippen LogP contribution in [0.2, 0.25) is 5.28 Å². The van der Waals surface area contributed by atoms with E-state index in [0.717, 1.165) is 10.2 Å². The summed E-state index contributed by atoms with van der Waals surface area (Å²) in [6.07, 6.45) is -5.04. The van der Waals surface area contributed by atoms with Gasteiger partial charge in [-0.15, -0.1) is 0 Å². The Morgan fingerprint density at radius 3 is 2.58 bits per heavy atom. The number of ether oxygens (including phenoxy) is 1. The zero-order chi connectivity index (χ0) is 27.8. The lowest BCUT2D eigenvalue weighted by molar-refractivity contribution is -0.0472. The van der Waals surface area contributed by atoms with Gasteiger partial charge in [-0.1, -0.05) is 12.1 Å². The Balaban J connectivity index is 1.51. The quantitative estimate of drug-likeness (QED) is 0.170. The fourth-order valence-electron chi connectivity index (χ4n) is 3.96. The molecule has 2 aromatic heterocycles. The lowest BCUT2D eigenvalue weighted by Gasteiger charge is -2.18. The maximum absolute atomic E-state index is 15.0. The second-order valence-corrected chi connectivity index (χ2v) is 13.1. The minimum atomic E-state index is -4.87. The Morgan fingerprint density at radius 1 is 1.24 bits per heavy atom. The molecular formula is C20H24ClF2N5O8P2. The van der Waals surface area contributed by atoms with Crippen LogP contribution >= 0.6 is 26.8 Å². The number of benzene rings is 1. The van der Waals surface area contributed by atoms with Crippen molar-refractivity contribution >= 4 is 43.6 Å².